The standard InChI is InChI=1S/C8H3BrFIN2S/c9-4-1-2-5(6(10)3-4)7-12-13-8(11)14-7/h1-3H. The maximum atomic E-state index is 13.5. The van der Waals surface area contributed by atoms with Crippen LogP contribution in [0.2, 0.25) is 0 Å². The van der Waals surface area contributed by atoms with Crippen LogP contribution >= 0.6 is 49.9 Å². The van der Waals surface area contributed by atoms with E-state index in [9.17, 15) is 4.39 Å². The molecule has 0 aliphatic heterocycles. The lowest BCUT2D eigenvalue weighted by molar-refractivity contribution is 0.630. The fourth-order valence-electron chi connectivity index (χ4n) is 0.977. The molecular weight excluding hydrogens is 382 g/mol. The van der Waals surface area contributed by atoms with Gasteiger partial charge in [0.1, 0.15) is 5.82 Å². The fraction of sp³-hybridized carbons (Fsp3) is 0. The van der Waals surface area contributed by atoms with Crippen molar-refractivity contribution in [3.8, 4) is 10.6 Å². The van der Waals surface area contributed by atoms with Crippen molar-refractivity contribution in [2.75, 3.05) is 0 Å². The second kappa shape index (κ2) is 4.19. The average Bonchev–Trinajstić information content (AvgIpc) is 2.51. The summed E-state index contributed by atoms with van der Waals surface area (Å²) in [6.07, 6.45) is 0. The summed E-state index contributed by atoms with van der Waals surface area (Å²) in [5.74, 6) is -0.285. The highest BCUT2D eigenvalue weighted by atomic mass is 127. The number of aromatic nitrogens is 2. The molecule has 0 fully saturated rings. The molecule has 0 N–H and O–H groups in total. The van der Waals surface area contributed by atoms with E-state index < -0.39 is 0 Å². The smallest absolute Gasteiger partial charge is 0.178 e. The summed E-state index contributed by atoms with van der Waals surface area (Å²) in [6.45, 7) is 0. The summed E-state index contributed by atoms with van der Waals surface area (Å²) in [4.78, 5) is 0. The lowest BCUT2D eigenvalue weighted by Crippen LogP contribution is -1.83. The Morgan fingerprint density at radius 1 is 1.36 bits per heavy atom. The summed E-state index contributed by atoms with van der Waals surface area (Å²) in [5, 5.41) is 8.33. The van der Waals surface area contributed by atoms with Gasteiger partial charge in [0.2, 0.25) is 0 Å². The van der Waals surface area contributed by atoms with E-state index in [1.165, 1.54) is 17.4 Å². The van der Waals surface area contributed by atoms with Gasteiger partial charge in [0.05, 0.1) is 0 Å². The van der Waals surface area contributed by atoms with Gasteiger partial charge in [-0.1, -0.05) is 27.3 Å². The molecule has 0 spiro atoms. The van der Waals surface area contributed by atoms with Crippen LogP contribution in [0, 0.1) is 8.83 Å². The topological polar surface area (TPSA) is 25.8 Å². The van der Waals surface area contributed by atoms with Crippen LogP contribution in [-0.2, 0) is 0 Å². The predicted octanol–water partition coefficient (Wildman–Crippen LogP) is 3.71. The van der Waals surface area contributed by atoms with Crippen LogP contribution in [0.25, 0.3) is 10.6 Å². The highest BCUT2D eigenvalue weighted by molar-refractivity contribution is 14.1. The van der Waals surface area contributed by atoms with Gasteiger partial charge >= 0.3 is 0 Å². The summed E-state index contributed by atoms with van der Waals surface area (Å²) < 4.78 is 15.0. The maximum absolute atomic E-state index is 13.5. The molecule has 2 aromatic rings. The first-order valence-corrected chi connectivity index (χ1v) is 6.30. The van der Waals surface area contributed by atoms with Crippen molar-refractivity contribution in [2.24, 2.45) is 0 Å². The number of rotatable bonds is 1. The molecule has 0 unspecified atom stereocenters. The SMILES string of the molecule is Fc1cc(Br)ccc1-c1nnc(I)s1. The average molecular weight is 385 g/mol. The molecule has 1 aromatic heterocycles. The van der Waals surface area contributed by atoms with Crippen molar-refractivity contribution in [3.05, 3.63) is 31.5 Å². The van der Waals surface area contributed by atoms with E-state index in [-0.39, 0.29) is 5.82 Å². The number of hydrogen-bond acceptors (Lipinski definition) is 3. The number of nitrogens with zero attached hydrogens (tertiary/aromatic N) is 2. The predicted molar refractivity (Wildman–Crippen MR) is 65.7 cm³/mol. The molecule has 0 saturated carbocycles. The zero-order valence-corrected chi connectivity index (χ0v) is 11.2. The molecule has 1 aromatic carbocycles. The van der Waals surface area contributed by atoms with Crippen LogP contribution in [0.5, 0.6) is 0 Å². The van der Waals surface area contributed by atoms with Crippen LogP contribution in [0.4, 0.5) is 4.39 Å². The second-order valence-corrected chi connectivity index (χ2v) is 6.13. The van der Waals surface area contributed by atoms with E-state index in [2.05, 4.69) is 48.7 Å². The molecule has 1 heterocycles. The van der Waals surface area contributed by atoms with Crippen molar-refractivity contribution < 1.29 is 4.39 Å². The van der Waals surface area contributed by atoms with Gasteiger partial charge in [0.15, 0.2) is 8.02 Å². The van der Waals surface area contributed by atoms with Gasteiger partial charge in [-0.15, -0.1) is 10.2 Å². The Balaban J connectivity index is 2.52. The van der Waals surface area contributed by atoms with E-state index in [1.54, 1.807) is 12.1 Å². The Bertz CT molecular complexity index is 474. The van der Waals surface area contributed by atoms with Gasteiger partial charge in [0.25, 0.3) is 0 Å². The van der Waals surface area contributed by atoms with E-state index in [1.807, 2.05) is 0 Å². The minimum absolute atomic E-state index is 0.285. The first kappa shape index (κ1) is 10.4. The van der Waals surface area contributed by atoms with Gasteiger partial charge in [-0.3, -0.25) is 0 Å². The third-order valence-corrected chi connectivity index (χ3v) is 3.68. The Morgan fingerprint density at radius 2 is 2.14 bits per heavy atom. The van der Waals surface area contributed by atoms with Gasteiger partial charge in [-0.2, -0.15) is 0 Å². The summed E-state index contributed by atoms with van der Waals surface area (Å²) in [5.41, 5.74) is 0.494. The molecule has 0 saturated heterocycles. The van der Waals surface area contributed by atoms with Crippen LogP contribution in [0.3, 0.4) is 0 Å². The first-order chi connectivity index (χ1) is 6.66. The van der Waals surface area contributed by atoms with Crippen LogP contribution in [-0.4, -0.2) is 10.2 Å². The van der Waals surface area contributed by atoms with E-state index in [0.717, 1.165) is 7.49 Å². The first-order valence-electron chi connectivity index (χ1n) is 3.61. The normalized spacial score (nSPS) is 10.5. The van der Waals surface area contributed by atoms with E-state index in [0.29, 0.717) is 10.6 Å². The minimum atomic E-state index is -0.285. The van der Waals surface area contributed by atoms with Gasteiger partial charge < -0.3 is 0 Å². The molecule has 2 rings (SSSR count). The second-order valence-electron chi connectivity index (χ2n) is 2.48. The Kier molecular flexibility index (Phi) is 3.13. The molecule has 6 heteroatoms. The number of hydrogen-bond donors (Lipinski definition) is 0. The summed E-state index contributed by atoms with van der Waals surface area (Å²) >= 11 is 6.63. The zero-order chi connectivity index (χ0) is 10.1. The van der Waals surface area contributed by atoms with Crippen molar-refractivity contribution in [2.45, 2.75) is 0 Å². The molecule has 14 heavy (non-hydrogen) atoms. The van der Waals surface area contributed by atoms with E-state index >= 15 is 0 Å². The van der Waals surface area contributed by atoms with Crippen LogP contribution < -0.4 is 0 Å². The molecule has 72 valence electrons. The molecule has 0 aliphatic carbocycles. The molecule has 0 bridgehead atoms. The monoisotopic (exact) mass is 384 g/mol. The van der Waals surface area contributed by atoms with Gasteiger partial charge in [0, 0.05) is 10.0 Å². The Hall–Kier alpha value is -0.0800. The zero-order valence-electron chi connectivity index (χ0n) is 6.67. The molecule has 0 radical (unpaired) electrons. The van der Waals surface area contributed by atoms with Crippen molar-refractivity contribution in [3.63, 3.8) is 0 Å². The molecule has 0 amide bonds. The van der Waals surface area contributed by atoms with Crippen LogP contribution in [0.15, 0.2) is 22.7 Å². The third-order valence-electron chi connectivity index (χ3n) is 1.56. The quantitative estimate of drug-likeness (QED) is 0.700. The lowest BCUT2D eigenvalue weighted by Gasteiger charge is -1.97. The van der Waals surface area contributed by atoms with Crippen molar-refractivity contribution in [1.29, 1.82) is 0 Å². The molecule has 0 aliphatic rings. The van der Waals surface area contributed by atoms with Crippen LogP contribution in [0.1, 0.15) is 0 Å². The number of benzene rings is 1. The third kappa shape index (κ3) is 2.12. The minimum Gasteiger partial charge on any atom is -0.206 e. The lowest BCUT2D eigenvalue weighted by atomic mass is 10.2. The molecule has 0 atom stereocenters. The molecule has 2 nitrogen and oxygen atoms in total. The van der Waals surface area contributed by atoms with Gasteiger partial charge in [-0.25, -0.2) is 4.39 Å². The van der Waals surface area contributed by atoms with E-state index in [4.69, 9.17) is 0 Å². The summed E-state index contributed by atoms with van der Waals surface area (Å²) in [7, 11) is 0. The summed E-state index contributed by atoms with van der Waals surface area (Å²) in [6, 6.07) is 4.90. The Morgan fingerprint density at radius 3 is 2.71 bits per heavy atom. The number of halogens is 3. The molecular formula is C8H3BrFIN2S. The fourth-order valence-corrected chi connectivity index (χ4v) is 2.64. The highest BCUT2D eigenvalue weighted by Gasteiger charge is 2.09. The van der Waals surface area contributed by atoms with Crippen molar-refractivity contribution in [1.82, 2.24) is 10.2 Å². The highest BCUT2D eigenvalue weighted by Crippen LogP contribution is 2.28. The largest absolute Gasteiger partial charge is 0.206 e. The van der Waals surface area contributed by atoms with Crippen molar-refractivity contribution >= 4 is 49.9 Å². The maximum Gasteiger partial charge on any atom is 0.178 e. The Labute approximate surface area is 106 Å². The van der Waals surface area contributed by atoms with Gasteiger partial charge in [-0.05, 0) is 40.8 Å².